The fourth-order valence-corrected chi connectivity index (χ4v) is 6.26. The number of carbonyl (C=O) groups is 1. The van der Waals surface area contributed by atoms with Crippen LogP contribution in [0.4, 0.5) is 0 Å². The van der Waals surface area contributed by atoms with E-state index in [0.29, 0.717) is 23.5 Å². The van der Waals surface area contributed by atoms with E-state index in [0.717, 1.165) is 42.3 Å². The molecule has 26 heavy (non-hydrogen) atoms. The van der Waals surface area contributed by atoms with Gasteiger partial charge in [0.25, 0.3) is 5.56 Å². The molecule has 1 fully saturated rings. The number of fused-ring (bicyclic) bond motifs is 3. The van der Waals surface area contributed by atoms with E-state index in [9.17, 15) is 9.59 Å². The number of rotatable bonds is 5. The fourth-order valence-electron chi connectivity index (χ4n) is 4.08. The summed E-state index contributed by atoms with van der Waals surface area (Å²) in [5.74, 6) is 0.365. The van der Waals surface area contributed by atoms with Crippen molar-refractivity contribution in [1.29, 1.82) is 0 Å². The molecule has 4 rings (SSSR count). The second-order valence-corrected chi connectivity index (χ2v) is 9.20. The van der Waals surface area contributed by atoms with Gasteiger partial charge in [-0.2, -0.15) is 0 Å². The zero-order chi connectivity index (χ0) is 18.1. The molecule has 0 aromatic carbocycles. The van der Waals surface area contributed by atoms with Crippen LogP contribution in [0.25, 0.3) is 10.2 Å². The molecule has 0 atom stereocenters. The van der Waals surface area contributed by atoms with E-state index in [1.165, 1.54) is 41.5 Å². The summed E-state index contributed by atoms with van der Waals surface area (Å²) >= 11 is 3.05. The summed E-state index contributed by atoms with van der Waals surface area (Å²) in [6.07, 6.45) is 8.99. The molecule has 7 heteroatoms. The highest BCUT2D eigenvalue weighted by molar-refractivity contribution is 7.99. The molecule has 1 N–H and O–H groups in total. The van der Waals surface area contributed by atoms with Gasteiger partial charge >= 0.3 is 0 Å². The fraction of sp³-hybridized carbons (Fsp3) is 0.632. The van der Waals surface area contributed by atoms with Crippen molar-refractivity contribution < 1.29 is 4.79 Å². The van der Waals surface area contributed by atoms with Gasteiger partial charge in [-0.1, -0.05) is 24.6 Å². The van der Waals surface area contributed by atoms with Crippen molar-refractivity contribution in [2.75, 3.05) is 5.75 Å². The van der Waals surface area contributed by atoms with Crippen molar-refractivity contribution in [3.8, 4) is 0 Å². The van der Waals surface area contributed by atoms with Crippen LogP contribution in [0.5, 0.6) is 0 Å². The second-order valence-electron chi connectivity index (χ2n) is 7.17. The molecule has 0 saturated heterocycles. The highest BCUT2D eigenvalue weighted by Gasteiger charge is 2.22. The molecule has 2 aromatic heterocycles. The van der Waals surface area contributed by atoms with Gasteiger partial charge in [-0.15, -0.1) is 11.3 Å². The van der Waals surface area contributed by atoms with Gasteiger partial charge in [-0.3, -0.25) is 14.2 Å². The van der Waals surface area contributed by atoms with Crippen LogP contribution in [-0.4, -0.2) is 27.3 Å². The molecule has 0 spiro atoms. The number of aryl methyl sites for hydroxylation is 2. The van der Waals surface area contributed by atoms with Crippen LogP contribution in [0.15, 0.2) is 9.95 Å². The molecule has 0 aliphatic heterocycles. The Balaban J connectivity index is 1.58. The van der Waals surface area contributed by atoms with Gasteiger partial charge in [0.2, 0.25) is 5.91 Å². The molecule has 0 bridgehead atoms. The smallest absolute Gasteiger partial charge is 0.263 e. The van der Waals surface area contributed by atoms with Crippen LogP contribution in [0.1, 0.15) is 55.9 Å². The summed E-state index contributed by atoms with van der Waals surface area (Å²) in [4.78, 5) is 32.3. The normalized spacial score (nSPS) is 17.6. The maximum atomic E-state index is 13.1. The van der Waals surface area contributed by atoms with Crippen molar-refractivity contribution in [3.63, 3.8) is 0 Å². The number of aromatic nitrogens is 2. The number of thiophene rings is 1. The van der Waals surface area contributed by atoms with E-state index >= 15 is 0 Å². The number of nitrogens with one attached hydrogen (secondary N) is 1. The van der Waals surface area contributed by atoms with Gasteiger partial charge < -0.3 is 5.32 Å². The average Bonchev–Trinajstić information content (AvgIpc) is 3.27. The molecule has 140 valence electrons. The topological polar surface area (TPSA) is 64.0 Å². The van der Waals surface area contributed by atoms with Crippen LogP contribution < -0.4 is 10.9 Å². The number of hydrogen-bond acceptors (Lipinski definition) is 5. The van der Waals surface area contributed by atoms with Gasteiger partial charge in [0.15, 0.2) is 5.16 Å². The summed E-state index contributed by atoms with van der Waals surface area (Å²) in [5.41, 5.74) is 1.29. The SMILES string of the molecule is CCn1c(SCC(=O)NC2CCCC2)nc2sc3c(c2c1=O)CCCC3. The standard InChI is InChI=1S/C19H25N3O2S2/c1-2-22-18(24)16-13-9-5-6-10-14(13)26-17(16)21-19(22)25-11-15(23)20-12-7-3-4-8-12/h12H,2-11H2,1H3,(H,20,23). The number of amides is 1. The Morgan fingerprint density at radius 3 is 2.81 bits per heavy atom. The van der Waals surface area contributed by atoms with Gasteiger partial charge in [0.1, 0.15) is 4.83 Å². The third-order valence-electron chi connectivity index (χ3n) is 5.41. The minimum absolute atomic E-state index is 0.0457. The molecular formula is C19H25N3O2S2. The third-order valence-corrected chi connectivity index (χ3v) is 7.57. The van der Waals surface area contributed by atoms with Crippen LogP contribution in [0.3, 0.4) is 0 Å². The van der Waals surface area contributed by atoms with Crippen molar-refractivity contribution in [3.05, 3.63) is 20.8 Å². The van der Waals surface area contributed by atoms with Crippen molar-refractivity contribution in [2.45, 2.75) is 76.0 Å². The summed E-state index contributed by atoms with van der Waals surface area (Å²) in [6.45, 7) is 2.55. The third kappa shape index (κ3) is 3.43. The average molecular weight is 392 g/mol. The van der Waals surface area contributed by atoms with Crippen LogP contribution in [0.2, 0.25) is 0 Å². The molecular weight excluding hydrogens is 366 g/mol. The monoisotopic (exact) mass is 391 g/mol. The molecule has 1 amide bonds. The van der Waals surface area contributed by atoms with Gasteiger partial charge in [0.05, 0.1) is 11.1 Å². The van der Waals surface area contributed by atoms with Crippen molar-refractivity contribution >= 4 is 39.2 Å². The molecule has 2 aliphatic rings. The van der Waals surface area contributed by atoms with Crippen LogP contribution in [-0.2, 0) is 24.2 Å². The molecule has 0 unspecified atom stereocenters. The Labute approximate surface area is 161 Å². The first-order valence-corrected chi connectivity index (χ1v) is 11.4. The molecule has 2 aromatic rings. The lowest BCUT2D eigenvalue weighted by molar-refractivity contribution is -0.119. The number of thioether (sulfide) groups is 1. The molecule has 2 heterocycles. The maximum Gasteiger partial charge on any atom is 0.263 e. The highest BCUT2D eigenvalue weighted by atomic mass is 32.2. The Hall–Kier alpha value is -1.34. The summed E-state index contributed by atoms with van der Waals surface area (Å²) < 4.78 is 1.73. The van der Waals surface area contributed by atoms with E-state index in [-0.39, 0.29) is 11.5 Å². The maximum absolute atomic E-state index is 13.1. The number of hydrogen-bond donors (Lipinski definition) is 1. The number of carbonyl (C=O) groups excluding carboxylic acids is 1. The molecule has 5 nitrogen and oxygen atoms in total. The lowest BCUT2D eigenvalue weighted by Crippen LogP contribution is -2.34. The highest BCUT2D eigenvalue weighted by Crippen LogP contribution is 2.34. The predicted octanol–water partition coefficient (Wildman–Crippen LogP) is 3.51. The van der Waals surface area contributed by atoms with E-state index in [1.807, 2.05) is 6.92 Å². The van der Waals surface area contributed by atoms with E-state index in [4.69, 9.17) is 4.98 Å². The van der Waals surface area contributed by atoms with E-state index in [1.54, 1.807) is 15.9 Å². The zero-order valence-corrected chi connectivity index (χ0v) is 16.8. The Bertz CT molecular complexity index is 881. The van der Waals surface area contributed by atoms with E-state index < -0.39 is 0 Å². The summed E-state index contributed by atoms with van der Waals surface area (Å²) in [6, 6.07) is 0.330. The quantitative estimate of drug-likeness (QED) is 0.626. The summed E-state index contributed by atoms with van der Waals surface area (Å²) in [7, 11) is 0. The van der Waals surface area contributed by atoms with Crippen molar-refractivity contribution in [1.82, 2.24) is 14.9 Å². The van der Waals surface area contributed by atoms with E-state index in [2.05, 4.69) is 5.32 Å². The Kier molecular flexibility index (Phi) is 5.36. The van der Waals surface area contributed by atoms with Crippen LogP contribution in [0, 0.1) is 0 Å². The number of nitrogens with zero attached hydrogens (tertiary/aromatic N) is 2. The van der Waals surface area contributed by atoms with Gasteiger partial charge in [0, 0.05) is 17.5 Å². The molecule has 0 radical (unpaired) electrons. The molecule has 2 aliphatic carbocycles. The minimum atomic E-state index is 0.0457. The first kappa shape index (κ1) is 18.0. The Morgan fingerprint density at radius 1 is 1.27 bits per heavy atom. The zero-order valence-electron chi connectivity index (χ0n) is 15.2. The largest absolute Gasteiger partial charge is 0.353 e. The Morgan fingerprint density at radius 2 is 2.04 bits per heavy atom. The predicted molar refractivity (Wildman–Crippen MR) is 107 cm³/mol. The van der Waals surface area contributed by atoms with Crippen molar-refractivity contribution in [2.24, 2.45) is 0 Å². The van der Waals surface area contributed by atoms with Crippen LogP contribution >= 0.6 is 23.1 Å². The lowest BCUT2D eigenvalue weighted by Gasteiger charge is -2.13. The summed E-state index contributed by atoms with van der Waals surface area (Å²) in [5, 5.41) is 4.60. The lowest BCUT2D eigenvalue weighted by atomic mass is 9.97. The second kappa shape index (κ2) is 7.72. The van der Waals surface area contributed by atoms with Gasteiger partial charge in [-0.05, 0) is 51.0 Å². The van der Waals surface area contributed by atoms with Gasteiger partial charge in [-0.25, -0.2) is 4.98 Å². The minimum Gasteiger partial charge on any atom is -0.353 e. The molecule has 1 saturated carbocycles. The first-order chi connectivity index (χ1) is 12.7. The first-order valence-electron chi connectivity index (χ1n) is 9.64.